The largest absolute Gasteiger partial charge is 0.469 e. The van der Waals surface area contributed by atoms with E-state index in [-0.39, 0.29) is 5.97 Å². The van der Waals surface area contributed by atoms with Crippen LogP contribution < -0.4 is 4.90 Å². The van der Waals surface area contributed by atoms with Crippen LogP contribution in [0, 0.1) is 0 Å². The first-order valence-electron chi connectivity index (χ1n) is 5.56. The average molecular weight is 246 g/mol. The van der Waals surface area contributed by atoms with E-state index >= 15 is 0 Å². The van der Waals surface area contributed by atoms with Crippen molar-refractivity contribution in [3.05, 3.63) is 24.5 Å². The van der Waals surface area contributed by atoms with E-state index in [0.717, 1.165) is 11.3 Å². The third kappa shape index (κ3) is 2.71. The van der Waals surface area contributed by atoms with Crippen LogP contribution in [0.5, 0.6) is 0 Å². The Morgan fingerprint density at radius 3 is 2.89 bits per heavy atom. The third-order valence-electron chi connectivity index (χ3n) is 2.59. The molecule has 0 aliphatic rings. The van der Waals surface area contributed by atoms with Gasteiger partial charge in [0.25, 0.3) is 0 Å². The van der Waals surface area contributed by atoms with Gasteiger partial charge in [-0.2, -0.15) is 0 Å². The van der Waals surface area contributed by atoms with E-state index in [2.05, 4.69) is 19.7 Å². The minimum Gasteiger partial charge on any atom is -0.469 e. The molecule has 0 saturated carbocycles. The molecule has 0 aromatic carbocycles. The molecule has 0 N–H and O–H groups in total. The van der Waals surface area contributed by atoms with Crippen molar-refractivity contribution in [1.82, 2.24) is 15.0 Å². The lowest BCUT2D eigenvalue weighted by atomic mass is 10.3. The molecule has 0 bridgehead atoms. The molecule has 2 rings (SSSR count). The van der Waals surface area contributed by atoms with Crippen LogP contribution in [0.25, 0.3) is 11.2 Å². The van der Waals surface area contributed by atoms with Gasteiger partial charge in [0.2, 0.25) is 0 Å². The number of aromatic nitrogens is 3. The summed E-state index contributed by atoms with van der Waals surface area (Å²) in [4.78, 5) is 25.6. The Balaban J connectivity index is 2.12. The lowest BCUT2D eigenvalue weighted by Gasteiger charge is -2.17. The predicted octanol–water partition coefficient (Wildman–Crippen LogP) is 1.02. The van der Waals surface area contributed by atoms with Crippen LogP contribution in [-0.4, -0.2) is 41.6 Å². The number of pyridine rings is 1. The van der Waals surface area contributed by atoms with Crippen molar-refractivity contribution in [2.45, 2.75) is 6.42 Å². The van der Waals surface area contributed by atoms with Crippen LogP contribution in [0.3, 0.4) is 0 Å². The zero-order valence-electron chi connectivity index (χ0n) is 10.3. The quantitative estimate of drug-likeness (QED) is 0.750. The molecular formula is C12H14N4O2. The summed E-state index contributed by atoms with van der Waals surface area (Å²) in [6.45, 7) is 0.547. The first-order valence-corrected chi connectivity index (χ1v) is 5.56. The summed E-state index contributed by atoms with van der Waals surface area (Å²) in [5.74, 6) is 0.523. The molecule has 0 fully saturated rings. The van der Waals surface area contributed by atoms with Crippen LogP contribution >= 0.6 is 0 Å². The number of esters is 1. The highest BCUT2D eigenvalue weighted by Gasteiger charge is 2.07. The van der Waals surface area contributed by atoms with Crippen molar-refractivity contribution >= 4 is 23.0 Å². The van der Waals surface area contributed by atoms with Crippen molar-refractivity contribution in [1.29, 1.82) is 0 Å². The van der Waals surface area contributed by atoms with Crippen LogP contribution in [0.15, 0.2) is 24.5 Å². The van der Waals surface area contributed by atoms with Gasteiger partial charge < -0.3 is 9.64 Å². The Kier molecular flexibility index (Phi) is 3.66. The first kappa shape index (κ1) is 12.2. The van der Waals surface area contributed by atoms with Gasteiger partial charge in [-0.05, 0) is 12.1 Å². The summed E-state index contributed by atoms with van der Waals surface area (Å²) < 4.78 is 4.60. The van der Waals surface area contributed by atoms with E-state index in [1.54, 1.807) is 12.4 Å². The zero-order valence-corrected chi connectivity index (χ0v) is 10.3. The number of ether oxygens (including phenoxy) is 1. The number of anilines is 1. The first-order chi connectivity index (χ1) is 8.70. The number of methoxy groups -OCH3 is 1. The normalized spacial score (nSPS) is 10.3. The number of carbonyl (C=O) groups is 1. The summed E-state index contributed by atoms with van der Waals surface area (Å²) in [6.07, 6.45) is 3.56. The number of carbonyl (C=O) groups excluding carboxylic acids is 1. The topological polar surface area (TPSA) is 68.2 Å². The fourth-order valence-corrected chi connectivity index (χ4v) is 1.53. The van der Waals surface area contributed by atoms with E-state index in [1.807, 2.05) is 24.1 Å². The summed E-state index contributed by atoms with van der Waals surface area (Å²) in [7, 11) is 3.25. The zero-order chi connectivity index (χ0) is 13.0. The second kappa shape index (κ2) is 5.39. The molecule has 6 nitrogen and oxygen atoms in total. The number of hydrogen-bond donors (Lipinski definition) is 0. The molecule has 0 unspecified atom stereocenters. The van der Waals surface area contributed by atoms with Crippen LogP contribution in [0.1, 0.15) is 6.42 Å². The van der Waals surface area contributed by atoms with Gasteiger partial charge in [-0.15, -0.1) is 0 Å². The molecule has 0 aliphatic heterocycles. The van der Waals surface area contributed by atoms with Crippen molar-refractivity contribution < 1.29 is 9.53 Å². The van der Waals surface area contributed by atoms with Gasteiger partial charge in [-0.25, -0.2) is 9.97 Å². The van der Waals surface area contributed by atoms with E-state index in [0.29, 0.717) is 18.6 Å². The van der Waals surface area contributed by atoms with Gasteiger partial charge in [0.1, 0.15) is 11.3 Å². The maximum Gasteiger partial charge on any atom is 0.307 e. The fourth-order valence-electron chi connectivity index (χ4n) is 1.53. The molecule has 0 radical (unpaired) electrons. The Morgan fingerprint density at radius 1 is 1.33 bits per heavy atom. The van der Waals surface area contributed by atoms with Crippen molar-refractivity contribution in [2.24, 2.45) is 0 Å². The lowest BCUT2D eigenvalue weighted by molar-refractivity contribution is -0.140. The molecular weight excluding hydrogens is 232 g/mol. The van der Waals surface area contributed by atoms with Crippen LogP contribution in [-0.2, 0) is 9.53 Å². The molecule has 0 saturated heterocycles. The highest BCUT2D eigenvalue weighted by molar-refractivity contribution is 5.72. The maximum absolute atomic E-state index is 11.1. The molecule has 0 spiro atoms. The van der Waals surface area contributed by atoms with E-state index in [1.165, 1.54) is 7.11 Å². The summed E-state index contributed by atoms with van der Waals surface area (Å²) in [6, 6.07) is 3.72. The van der Waals surface area contributed by atoms with Gasteiger partial charge in [-0.3, -0.25) is 9.78 Å². The molecule has 2 heterocycles. The Hall–Kier alpha value is -2.24. The monoisotopic (exact) mass is 246 g/mol. The van der Waals surface area contributed by atoms with Gasteiger partial charge in [-0.1, -0.05) is 0 Å². The SMILES string of the molecule is COC(=O)CCN(C)c1ccc2nccnc2n1. The van der Waals surface area contributed by atoms with Crippen molar-refractivity contribution in [3.8, 4) is 0 Å². The van der Waals surface area contributed by atoms with Gasteiger partial charge in [0.05, 0.1) is 13.5 Å². The molecule has 2 aromatic heterocycles. The minimum atomic E-state index is -0.234. The number of hydrogen-bond acceptors (Lipinski definition) is 6. The second-order valence-corrected chi connectivity index (χ2v) is 3.82. The van der Waals surface area contributed by atoms with Gasteiger partial charge in [0, 0.05) is 26.0 Å². The molecule has 0 atom stereocenters. The van der Waals surface area contributed by atoms with E-state index < -0.39 is 0 Å². The predicted molar refractivity (Wildman–Crippen MR) is 67.2 cm³/mol. The summed E-state index contributed by atoms with van der Waals surface area (Å²) in [5, 5.41) is 0. The van der Waals surface area contributed by atoms with E-state index in [4.69, 9.17) is 0 Å². The Labute approximate surface area is 105 Å². The molecule has 0 aliphatic carbocycles. The minimum absolute atomic E-state index is 0.234. The van der Waals surface area contributed by atoms with Crippen LogP contribution in [0.2, 0.25) is 0 Å². The number of fused-ring (bicyclic) bond motifs is 1. The van der Waals surface area contributed by atoms with Crippen molar-refractivity contribution in [2.75, 3.05) is 25.6 Å². The fraction of sp³-hybridized carbons (Fsp3) is 0.333. The number of nitrogens with zero attached hydrogens (tertiary/aromatic N) is 4. The average Bonchev–Trinajstić information content (AvgIpc) is 2.43. The highest BCUT2D eigenvalue weighted by Crippen LogP contribution is 2.13. The Morgan fingerprint density at radius 2 is 2.11 bits per heavy atom. The maximum atomic E-state index is 11.1. The van der Waals surface area contributed by atoms with Gasteiger partial charge >= 0.3 is 5.97 Å². The molecule has 6 heteroatoms. The van der Waals surface area contributed by atoms with Crippen molar-refractivity contribution in [3.63, 3.8) is 0 Å². The van der Waals surface area contributed by atoms with Gasteiger partial charge in [0.15, 0.2) is 5.65 Å². The highest BCUT2D eigenvalue weighted by atomic mass is 16.5. The molecule has 0 amide bonds. The third-order valence-corrected chi connectivity index (χ3v) is 2.59. The standard InChI is InChI=1S/C12H14N4O2/c1-16(8-5-11(17)18-2)10-4-3-9-12(15-10)14-7-6-13-9/h3-4,6-7H,5,8H2,1-2H3. The second-order valence-electron chi connectivity index (χ2n) is 3.82. The van der Waals surface area contributed by atoms with E-state index in [9.17, 15) is 4.79 Å². The Bertz CT molecular complexity index is 559. The number of rotatable bonds is 4. The molecule has 94 valence electrons. The smallest absolute Gasteiger partial charge is 0.307 e. The summed E-state index contributed by atoms with van der Waals surface area (Å²) in [5.41, 5.74) is 1.35. The van der Waals surface area contributed by atoms with Crippen LogP contribution in [0.4, 0.5) is 5.82 Å². The molecule has 2 aromatic rings. The molecule has 18 heavy (non-hydrogen) atoms. The lowest BCUT2D eigenvalue weighted by Crippen LogP contribution is -2.22. The summed E-state index contributed by atoms with van der Waals surface area (Å²) >= 11 is 0.